The van der Waals surface area contributed by atoms with Crippen LogP contribution in [-0.2, 0) is 16.6 Å². The van der Waals surface area contributed by atoms with Gasteiger partial charge in [-0.3, -0.25) is 14.4 Å². The summed E-state index contributed by atoms with van der Waals surface area (Å²) < 4.78 is 23.3. The minimum atomic E-state index is -1.38. The number of carboxylic acids is 1. The number of aliphatic hydroxyl groups is 1. The molecular formula is C35H35N7O12S2. The summed E-state index contributed by atoms with van der Waals surface area (Å²) in [5.41, 5.74) is 0.274. The third-order valence-electron chi connectivity index (χ3n) is 8.61. The molecule has 5 heterocycles. The third-order valence-corrected chi connectivity index (χ3v) is 10.1. The summed E-state index contributed by atoms with van der Waals surface area (Å²) in [5.74, 6) is -3.08. The van der Waals surface area contributed by atoms with E-state index in [1.165, 1.54) is 57.8 Å². The summed E-state index contributed by atoms with van der Waals surface area (Å²) in [4.78, 5) is 86.5. The number of ether oxygens (including phenoxy) is 4. The van der Waals surface area contributed by atoms with Gasteiger partial charge in [-0.15, -0.1) is 11.3 Å². The van der Waals surface area contributed by atoms with Gasteiger partial charge in [0.25, 0.3) is 17.0 Å². The summed E-state index contributed by atoms with van der Waals surface area (Å²) in [6.07, 6.45) is 2.01. The van der Waals surface area contributed by atoms with E-state index >= 15 is 0 Å². The number of carbonyl (C=O) groups excluding carboxylic acids is 5. The lowest BCUT2D eigenvalue weighted by atomic mass is 10.1. The second-order valence-corrected chi connectivity index (χ2v) is 14.0. The average molecular weight is 810 g/mol. The molecule has 0 radical (unpaired) electrons. The van der Waals surface area contributed by atoms with E-state index in [0.29, 0.717) is 19.4 Å². The Balaban J connectivity index is 1.03. The lowest BCUT2D eigenvalue weighted by molar-refractivity contribution is -0.116. The van der Waals surface area contributed by atoms with Crippen LogP contribution in [0.4, 0.5) is 21.3 Å². The number of aryl methyl sites for hydroxylation is 1. The number of anilines is 3. The molecule has 0 spiro atoms. The van der Waals surface area contributed by atoms with E-state index in [1.807, 2.05) is 0 Å². The number of rotatable bonds is 14. The molecule has 4 amide bonds. The number of aromatic nitrogens is 3. The molecule has 2 atom stereocenters. The zero-order valence-electron chi connectivity index (χ0n) is 29.9. The van der Waals surface area contributed by atoms with E-state index in [4.69, 9.17) is 24.1 Å². The molecule has 56 heavy (non-hydrogen) atoms. The Kier molecular flexibility index (Phi) is 12.0. The number of thiazole rings is 2. The first-order valence-corrected chi connectivity index (χ1v) is 18.7. The highest BCUT2D eigenvalue weighted by atomic mass is 32.1. The van der Waals surface area contributed by atoms with Crippen molar-refractivity contribution in [3.63, 3.8) is 0 Å². The van der Waals surface area contributed by atoms with Crippen LogP contribution in [0.3, 0.4) is 0 Å². The second-order valence-electron chi connectivity index (χ2n) is 12.3. The van der Waals surface area contributed by atoms with Crippen LogP contribution in [0.25, 0.3) is 0 Å². The zero-order valence-corrected chi connectivity index (χ0v) is 31.5. The molecule has 1 unspecified atom stereocenters. The fraction of sp³-hybridized carbons (Fsp3) is 0.314. The van der Waals surface area contributed by atoms with Gasteiger partial charge in [0.15, 0.2) is 28.6 Å². The first-order valence-electron chi connectivity index (χ1n) is 16.9. The van der Waals surface area contributed by atoms with Gasteiger partial charge in [-0.05, 0) is 31.4 Å². The van der Waals surface area contributed by atoms with Crippen molar-refractivity contribution in [1.82, 2.24) is 19.4 Å². The molecule has 3 aromatic heterocycles. The molecule has 19 nitrogen and oxygen atoms in total. The molecule has 4 N–H and O–H groups in total. The predicted molar refractivity (Wildman–Crippen MR) is 200 cm³/mol. The number of hydrogen-bond acceptors (Lipinski definition) is 15. The number of aromatic carboxylic acids is 1. The number of esters is 1. The summed E-state index contributed by atoms with van der Waals surface area (Å²) >= 11 is 1.87. The van der Waals surface area contributed by atoms with Gasteiger partial charge in [0.05, 0.1) is 36.7 Å². The molecule has 1 fully saturated rings. The van der Waals surface area contributed by atoms with Crippen molar-refractivity contribution in [3.05, 3.63) is 70.5 Å². The molecular weight excluding hydrogens is 775 g/mol. The molecule has 4 aromatic rings. The van der Waals surface area contributed by atoms with Crippen molar-refractivity contribution < 1.29 is 57.9 Å². The fourth-order valence-electron chi connectivity index (χ4n) is 6.02. The van der Waals surface area contributed by atoms with Gasteiger partial charge in [0, 0.05) is 43.0 Å². The number of methoxy groups -OCH3 is 1. The minimum absolute atomic E-state index is 0.00368. The lowest BCUT2D eigenvalue weighted by Gasteiger charge is -2.31. The highest BCUT2D eigenvalue weighted by Crippen LogP contribution is 2.41. The van der Waals surface area contributed by atoms with Crippen molar-refractivity contribution in [1.29, 1.82) is 0 Å². The van der Waals surface area contributed by atoms with Crippen LogP contribution in [0.1, 0.15) is 67.5 Å². The van der Waals surface area contributed by atoms with Crippen LogP contribution in [0.5, 0.6) is 16.7 Å². The molecule has 0 aliphatic carbocycles. The fourth-order valence-corrected chi connectivity index (χ4v) is 7.37. The SMILES string of the molecule is C=CCOC(=O)N1c2cc(OCCCC(=O)Nc3nc(C(=O)Nc4cc(C(=O)Oc5nc(C(=O)O)cs5)n(C)c4)cs3)c(OC)cc2C(=O)N2CCC[C@H]2C1O. The van der Waals surface area contributed by atoms with Crippen LogP contribution >= 0.6 is 22.7 Å². The van der Waals surface area contributed by atoms with Gasteiger partial charge in [-0.2, -0.15) is 4.98 Å². The Morgan fingerprint density at radius 2 is 1.86 bits per heavy atom. The van der Waals surface area contributed by atoms with Gasteiger partial charge < -0.3 is 49.3 Å². The van der Waals surface area contributed by atoms with Gasteiger partial charge in [-0.25, -0.2) is 24.3 Å². The Morgan fingerprint density at radius 3 is 2.59 bits per heavy atom. The summed E-state index contributed by atoms with van der Waals surface area (Å²) in [7, 11) is 2.95. The number of benzene rings is 1. The molecule has 6 rings (SSSR count). The van der Waals surface area contributed by atoms with Crippen LogP contribution in [-0.4, -0.2) is 105 Å². The van der Waals surface area contributed by atoms with Crippen molar-refractivity contribution in [3.8, 4) is 16.7 Å². The first-order chi connectivity index (χ1) is 26.9. The Morgan fingerprint density at radius 1 is 1.07 bits per heavy atom. The number of hydrogen-bond donors (Lipinski definition) is 4. The molecule has 294 valence electrons. The van der Waals surface area contributed by atoms with Crippen LogP contribution in [0.15, 0.2) is 47.8 Å². The molecule has 2 aliphatic heterocycles. The van der Waals surface area contributed by atoms with Gasteiger partial charge in [0.1, 0.15) is 18.0 Å². The summed E-state index contributed by atoms with van der Waals surface area (Å²) in [6.45, 7) is 3.89. The largest absolute Gasteiger partial charge is 0.493 e. The molecule has 1 aromatic carbocycles. The maximum absolute atomic E-state index is 13.6. The lowest BCUT2D eigenvalue weighted by Crippen LogP contribution is -2.50. The second kappa shape index (κ2) is 17.0. The highest BCUT2D eigenvalue weighted by molar-refractivity contribution is 7.14. The van der Waals surface area contributed by atoms with E-state index < -0.39 is 42.1 Å². The summed E-state index contributed by atoms with van der Waals surface area (Å²) in [6, 6.07) is 3.61. The standard InChI is InChI=1S/C35H35N7O12S2/c1-4-10-53-35(50)42-23-14-26(25(51-3)13-19(23)29(45)41-9-5-7-22(41)30(42)46)52-11-6-8-27(43)39-33-37-20(16-55-33)28(44)36-18-12-24(40(2)15-18)32(49)54-34-38-21(17-56-34)31(47)48/h4,12-17,22,30,46H,1,5-11H2,2-3H3,(H,36,44)(H,47,48)(H,37,39,43)/t22-,30?/m0/s1. The first kappa shape index (κ1) is 39.4. The molecule has 2 aliphatic rings. The zero-order chi connectivity index (χ0) is 40.1. The number of nitrogens with one attached hydrogen (secondary N) is 2. The number of aliphatic hydroxyl groups excluding tert-OH is 1. The normalized spacial score (nSPS) is 15.9. The number of carboxylic acid groups (broad SMARTS) is 1. The van der Waals surface area contributed by atoms with E-state index in [-0.39, 0.29) is 87.8 Å². The Hall–Kier alpha value is -6.32. The average Bonchev–Trinajstić information content (AvgIpc) is 3.99. The maximum atomic E-state index is 13.6. The van der Waals surface area contributed by atoms with Crippen LogP contribution in [0.2, 0.25) is 0 Å². The maximum Gasteiger partial charge on any atom is 0.416 e. The molecule has 21 heteroatoms. The third kappa shape index (κ3) is 8.48. The Labute approximate surface area is 326 Å². The van der Waals surface area contributed by atoms with E-state index in [2.05, 4.69) is 27.2 Å². The predicted octanol–water partition coefficient (Wildman–Crippen LogP) is 3.98. The topological polar surface area (TPSA) is 241 Å². The number of fused-ring (bicyclic) bond motifs is 2. The van der Waals surface area contributed by atoms with Crippen molar-refractivity contribution >= 4 is 74.9 Å². The molecule has 0 bridgehead atoms. The van der Waals surface area contributed by atoms with Crippen LogP contribution < -0.4 is 29.7 Å². The smallest absolute Gasteiger partial charge is 0.416 e. The monoisotopic (exact) mass is 809 g/mol. The van der Waals surface area contributed by atoms with Gasteiger partial charge >= 0.3 is 18.0 Å². The number of amides is 4. The van der Waals surface area contributed by atoms with E-state index in [0.717, 1.165) is 27.6 Å². The number of carbonyl (C=O) groups is 6. The van der Waals surface area contributed by atoms with Crippen molar-refractivity contribution in [2.45, 2.75) is 38.0 Å². The van der Waals surface area contributed by atoms with Crippen LogP contribution in [0, 0.1) is 0 Å². The Bertz CT molecular complexity index is 2200. The molecule has 1 saturated heterocycles. The van der Waals surface area contributed by atoms with Gasteiger partial charge in [-0.1, -0.05) is 24.0 Å². The van der Waals surface area contributed by atoms with Crippen molar-refractivity contribution in [2.75, 3.05) is 42.4 Å². The van der Waals surface area contributed by atoms with E-state index in [9.17, 15) is 33.9 Å². The quantitative estimate of drug-likeness (QED) is 0.0801. The summed E-state index contributed by atoms with van der Waals surface area (Å²) in [5, 5.41) is 28.3. The van der Waals surface area contributed by atoms with Gasteiger partial charge in [0.2, 0.25) is 5.91 Å². The van der Waals surface area contributed by atoms with E-state index in [1.54, 1.807) is 7.05 Å². The number of nitrogens with zero attached hydrogens (tertiary/aromatic N) is 5. The highest BCUT2D eigenvalue weighted by Gasteiger charge is 2.45. The molecule has 0 saturated carbocycles. The minimum Gasteiger partial charge on any atom is -0.493 e. The van der Waals surface area contributed by atoms with Crippen molar-refractivity contribution in [2.24, 2.45) is 7.05 Å².